The second kappa shape index (κ2) is 6.34. The summed E-state index contributed by atoms with van der Waals surface area (Å²) in [5.74, 6) is 0. The zero-order valence-electron chi connectivity index (χ0n) is 12.5. The molecule has 2 N–H and O–H groups in total. The van der Waals surface area contributed by atoms with Gasteiger partial charge in [-0.15, -0.1) is 0 Å². The Morgan fingerprint density at radius 1 is 1.33 bits per heavy atom. The lowest BCUT2D eigenvalue weighted by Gasteiger charge is -2.34. The molecule has 7 heteroatoms. The quantitative estimate of drug-likeness (QED) is 0.875. The first-order chi connectivity index (χ1) is 9.75. The smallest absolute Gasteiger partial charge is 0.244 e. The van der Waals surface area contributed by atoms with Crippen molar-refractivity contribution in [3.8, 4) is 0 Å². The van der Waals surface area contributed by atoms with Gasteiger partial charge >= 0.3 is 0 Å². The molecular weight excluding hydrogens is 356 g/mol. The maximum atomic E-state index is 12.9. The van der Waals surface area contributed by atoms with Gasteiger partial charge in [0.2, 0.25) is 10.0 Å². The SMILES string of the molecule is Cc1cc(CN)cc(S(=O)(=O)N2CC(C)OC(C)C2)c1Br. The molecule has 0 aromatic heterocycles. The lowest BCUT2D eigenvalue weighted by molar-refractivity contribution is -0.0440. The fraction of sp³-hybridized carbons (Fsp3) is 0.571. The van der Waals surface area contributed by atoms with E-state index in [4.69, 9.17) is 10.5 Å². The van der Waals surface area contributed by atoms with Gasteiger partial charge in [-0.2, -0.15) is 4.31 Å². The highest BCUT2D eigenvalue weighted by atomic mass is 79.9. The maximum Gasteiger partial charge on any atom is 0.244 e. The summed E-state index contributed by atoms with van der Waals surface area (Å²) in [6.45, 7) is 6.68. The van der Waals surface area contributed by atoms with E-state index in [0.717, 1.165) is 11.1 Å². The summed E-state index contributed by atoms with van der Waals surface area (Å²) in [5.41, 5.74) is 7.34. The van der Waals surface area contributed by atoms with Gasteiger partial charge in [-0.3, -0.25) is 0 Å². The van der Waals surface area contributed by atoms with Gasteiger partial charge < -0.3 is 10.5 Å². The molecule has 118 valence electrons. The number of nitrogens with zero attached hydrogens (tertiary/aromatic N) is 1. The van der Waals surface area contributed by atoms with Crippen molar-refractivity contribution >= 4 is 26.0 Å². The highest BCUT2D eigenvalue weighted by Gasteiger charge is 2.33. The maximum absolute atomic E-state index is 12.9. The van der Waals surface area contributed by atoms with E-state index in [0.29, 0.717) is 24.1 Å². The largest absolute Gasteiger partial charge is 0.373 e. The molecule has 0 saturated carbocycles. The van der Waals surface area contributed by atoms with Gasteiger partial charge in [-0.05, 0) is 53.9 Å². The number of sulfonamides is 1. The Labute approximate surface area is 134 Å². The zero-order valence-corrected chi connectivity index (χ0v) is 14.9. The molecule has 0 radical (unpaired) electrons. The standard InChI is InChI=1S/C14H21BrN2O3S/c1-9-4-12(6-16)5-13(14(9)15)21(18,19)17-7-10(2)20-11(3)8-17/h4-5,10-11H,6-8,16H2,1-3H3. The molecule has 1 aromatic rings. The molecule has 0 bridgehead atoms. The zero-order chi connectivity index (χ0) is 15.8. The van der Waals surface area contributed by atoms with Crippen LogP contribution >= 0.6 is 15.9 Å². The van der Waals surface area contributed by atoms with Gasteiger partial charge in [-0.1, -0.05) is 6.07 Å². The number of nitrogens with two attached hydrogens (primary N) is 1. The van der Waals surface area contributed by atoms with E-state index in [9.17, 15) is 8.42 Å². The Balaban J connectivity index is 2.46. The molecule has 1 aliphatic rings. The van der Waals surface area contributed by atoms with Gasteiger partial charge in [0.25, 0.3) is 0 Å². The molecule has 2 rings (SSSR count). The fourth-order valence-corrected chi connectivity index (χ4v) is 5.20. The molecule has 0 aliphatic carbocycles. The first kappa shape index (κ1) is 16.9. The van der Waals surface area contributed by atoms with Gasteiger partial charge in [0.1, 0.15) is 0 Å². The van der Waals surface area contributed by atoms with Crippen LogP contribution in [0.3, 0.4) is 0 Å². The average Bonchev–Trinajstić information content (AvgIpc) is 2.40. The van der Waals surface area contributed by atoms with Gasteiger partial charge in [0.05, 0.1) is 17.1 Å². The molecule has 1 heterocycles. The second-order valence-electron chi connectivity index (χ2n) is 5.51. The first-order valence-electron chi connectivity index (χ1n) is 6.90. The number of morpholine rings is 1. The third kappa shape index (κ3) is 3.48. The third-order valence-electron chi connectivity index (χ3n) is 3.52. The summed E-state index contributed by atoms with van der Waals surface area (Å²) >= 11 is 3.40. The van der Waals surface area contributed by atoms with Gasteiger partial charge in [0, 0.05) is 24.1 Å². The molecule has 5 nitrogen and oxygen atoms in total. The summed E-state index contributed by atoms with van der Waals surface area (Å²) < 4.78 is 33.5. The molecule has 21 heavy (non-hydrogen) atoms. The number of hydrogen-bond acceptors (Lipinski definition) is 4. The molecule has 1 saturated heterocycles. The topological polar surface area (TPSA) is 72.6 Å². The molecule has 2 unspecified atom stereocenters. The van der Waals surface area contributed by atoms with E-state index in [-0.39, 0.29) is 17.1 Å². The lowest BCUT2D eigenvalue weighted by Crippen LogP contribution is -2.48. The summed E-state index contributed by atoms with van der Waals surface area (Å²) in [7, 11) is -3.56. The Morgan fingerprint density at radius 2 is 1.90 bits per heavy atom. The van der Waals surface area contributed by atoms with Crippen LogP contribution in [0.25, 0.3) is 0 Å². The van der Waals surface area contributed by atoms with Crippen molar-refractivity contribution in [3.05, 3.63) is 27.7 Å². The molecule has 1 fully saturated rings. The molecule has 0 spiro atoms. The van der Waals surface area contributed by atoms with Crippen molar-refractivity contribution in [2.45, 2.75) is 44.4 Å². The van der Waals surface area contributed by atoms with Crippen molar-refractivity contribution < 1.29 is 13.2 Å². The minimum absolute atomic E-state index is 0.110. The highest BCUT2D eigenvalue weighted by molar-refractivity contribution is 9.10. The molecule has 2 atom stereocenters. The molecule has 1 aliphatic heterocycles. The molecule has 1 aromatic carbocycles. The van der Waals surface area contributed by atoms with Crippen LogP contribution in [0.2, 0.25) is 0 Å². The number of ether oxygens (including phenoxy) is 1. The average molecular weight is 377 g/mol. The highest BCUT2D eigenvalue weighted by Crippen LogP contribution is 2.31. The minimum atomic E-state index is -3.56. The molecule has 0 amide bonds. The monoisotopic (exact) mass is 376 g/mol. The van der Waals surface area contributed by atoms with Crippen molar-refractivity contribution in [1.82, 2.24) is 4.31 Å². The van der Waals surface area contributed by atoms with Crippen LogP contribution in [-0.4, -0.2) is 38.0 Å². The predicted molar refractivity (Wildman–Crippen MR) is 85.5 cm³/mol. The summed E-state index contributed by atoms with van der Waals surface area (Å²) in [4.78, 5) is 0.282. The lowest BCUT2D eigenvalue weighted by atomic mass is 10.1. The summed E-state index contributed by atoms with van der Waals surface area (Å²) in [5, 5.41) is 0. The Kier molecular flexibility index (Phi) is 5.10. The van der Waals surface area contributed by atoms with Gasteiger partial charge in [-0.25, -0.2) is 8.42 Å². The van der Waals surface area contributed by atoms with E-state index in [2.05, 4.69) is 15.9 Å². The van der Waals surface area contributed by atoms with Crippen LogP contribution in [0.15, 0.2) is 21.5 Å². The van der Waals surface area contributed by atoms with Crippen LogP contribution in [0.4, 0.5) is 0 Å². The van der Waals surface area contributed by atoms with E-state index in [1.807, 2.05) is 26.8 Å². The summed E-state index contributed by atoms with van der Waals surface area (Å²) in [6, 6.07) is 3.55. The van der Waals surface area contributed by atoms with E-state index >= 15 is 0 Å². The number of hydrogen-bond donors (Lipinski definition) is 1. The molecular formula is C14H21BrN2O3S. The van der Waals surface area contributed by atoms with Crippen LogP contribution in [0, 0.1) is 6.92 Å². The Bertz CT molecular complexity index is 623. The number of aryl methyl sites for hydroxylation is 1. The Hall–Kier alpha value is -0.470. The third-order valence-corrected chi connectivity index (χ3v) is 6.69. The second-order valence-corrected chi connectivity index (χ2v) is 8.21. The van der Waals surface area contributed by atoms with Gasteiger partial charge in [0.15, 0.2) is 0 Å². The first-order valence-corrected chi connectivity index (χ1v) is 9.13. The van der Waals surface area contributed by atoms with Crippen LogP contribution in [-0.2, 0) is 21.3 Å². The van der Waals surface area contributed by atoms with Crippen LogP contribution < -0.4 is 5.73 Å². The van der Waals surface area contributed by atoms with E-state index in [1.54, 1.807) is 6.07 Å². The van der Waals surface area contributed by atoms with Crippen LogP contribution in [0.1, 0.15) is 25.0 Å². The van der Waals surface area contributed by atoms with Crippen molar-refractivity contribution in [1.29, 1.82) is 0 Å². The number of rotatable bonds is 3. The van der Waals surface area contributed by atoms with Crippen molar-refractivity contribution in [2.24, 2.45) is 5.73 Å². The van der Waals surface area contributed by atoms with E-state index < -0.39 is 10.0 Å². The van der Waals surface area contributed by atoms with Crippen molar-refractivity contribution in [2.75, 3.05) is 13.1 Å². The fourth-order valence-electron chi connectivity index (χ4n) is 2.58. The normalized spacial score (nSPS) is 24.2. The Morgan fingerprint density at radius 3 is 2.43 bits per heavy atom. The number of benzene rings is 1. The number of halogens is 1. The minimum Gasteiger partial charge on any atom is -0.373 e. The van der Waals surface area contributed by atoms with Crippen LogP contribution in [0.5, 0.6) is 0 Å². The summed E-state index contributed by atoms with van der Waals surface area (Å²) in [6.07, 6.45) is -0.220. The van der Waals surface area contributed by atoms with E-state index in [1.165, 1.54) is 4.31 Å². The van der Waals surface area contributed by atoms with Crippen molar-refractivity contribution in [3.63, 3.8) is 0 Å². The predicted octanol–water partition coefficient (Wildman–Crippen LogP) is 2.01.